The second-order valence-corrected chi connectivity index (χ2v) is 7.68. The minimum atomic E-state index is 0.416. The number of furan rings is 1. The fraction of sp³-hybridized carbons (Fsp3) is 0.227. The normalized spacial score (nSPS) is 11.8. The van der Waals surface area contributed by atoms with Gasteiger partial charge in [0, 0.05) is 24.8 Å². The first kappa shape index (κ1) is 19.9. The molecule has 0 aliphatic heterocycles. The Balaban J connectivity index is 1.44. The highest BCUT2D eigenvalue weighted by molar-refractivity contribution is 7.21. The SMILES string of the molecule is CCN(CC)c1ccc(N=Nc2nc3oc(N=Nc4ccc(C)cc4)cc3s2)cc1. The number of azo groups is 2. The fourth-order valence-corrected chi connectivity index (χ4v) is 3.68. The van der Waals surface area contributed by atoms with Crippen LogP contribution in [-0.4, -0.2) is 18.1 Å². The van der Waals surface area contributed by atoms with E-state index >= 15 is 0 Å². The molecule has 0 radical (unpaired) electrons. The second-order valence-electron chi connectivity index (χ2n) is 6.67. The zero-order valence-corrected chi connectivity index (χ0v) is 17.9. The molecular formula is C22H22N6OS. The Kier molecular flexibility index (Phi) is 5.94. The van der Waals surface area contributed by atoms with Crippen LogP contribution in [-0.2, 0) is 0 Å². The van der Waals surface area contributed by atoms with Gasteiger partial charge in [-0.25, -0.2) is 0 Å². The average Bonchev–Trinajstić information content (AvgIpc) is 3.32. The molecule has 0 fully saturated rings. The van der Waals surface area contributed by atoms with E-state index < -0.39 is 0 Å². The lowest BCUT2D eigenvalue weighted by Gasteiger charge is -2.20. The van der Waals surface area contributed by atoms with Crippen molar-refractivity contribution in [2.24, 2.45) is 20.5 Å². The summed E-state index contributed by atoms with van der Waals surface area (Å²) in [6.45, 7) is 8.27. The molecular weight excluding hydrogens is 396 g/mol. The Bertz CT molecular complexity index is 1140. The van der Waals surface area contributed by atoms with Crippen LogP contribution in [0.4, 0.5) is 28.1 Å². The third-order valence-corrected chi connectivity index (χ3v) is 5.46. The highest BCUT2D eigenvalue weighted by Crippen LogP contribution is 2.35. The number of fused-ring (bicyclic) bond motifs is 1. The van der Waals surface area contributed by atoms with E-state index in [1.165, 1.54) is 22.6 Å². The third-order valence-electron chi connectivity index (χ3n) is 4.59. The Morgan fingerprint density at radius 1 is 0.867 bits per heavy atom. The van der Waals surface area contributed by atoms with Crippen molar-refractivity contribution in [3.05, 3.63) is 60.2 Å². The first-order chi connectivity index (χ1) is 14.6. The van der Waals surface area contributed by atoms with Gasteiger partial charge in [0.05, 0.1) is 16.1 Å². The van der Waals surface area contributed by atoms with Crippen LogP contribution in [0.2, 0.25) is 0 Å². The van der Waals surface area contributed by atoms with Gasteiger partial charge in [-0.3, -0.25) is 0 Å². The van der Waals surface area contributed by atoms with Gasteiger partial charge >= 0.3 is 0 Å². The van der Waals surface area contributed by atoms with Crippen molar-refractivity contribution in [1.82, 2.24) is 4.98 Å². The first-order valence-electron chi connectivity index (χ1n) is 9.80. The van der Waals surface area contributed by atoms with Crippen LogP contribution >= 0.6 is 11.3 Å². The number of hydrogen-bond donors (Lipinski definition) is 0. The van der Waals surface area contributed by atoms with Gasteiger partial charge in [0.2, 0.25) is 16.7 Å². The molecule has 0 saturated carbocycles. The molecule has 2 heterocycles. The van der Waals surface area contributed by atoms with E-state index in [4.69, 9.17) is 4.42 Å². The molecule has 0 amide bonds. The molecule has 30 heavy (non-hydrogen) atoms. The van der Waals surface area contributed by atoms with Crippen LogP contribution < -0.4 is 4.90 Å². The summed E-state index contributed by atoms with van der Waals surface area (Å²) in [4.78, 5) is 6.65. The second kappa shape index (κ2) is 8.96. The van der Waals surface area contributed by atoms with Crippen LogP contribution in [0.5, 0.6) is 0 Å². The van der Waals surface area contributed by atoms with Crippen molar-refractivity contribution in [2.75, 3.05) is 18.0 Å². The van der Waals surface area contributed by atoms with Crippen LogP contribution in [0.15, 0.2) is 79.5 Å². The van der Waals surface area contributed by atoms with Crippen molar-refractivity contribution < 1.29 is 4.42 Å². The standard InChI is InChI=1S/C22H22N6OS/c1-4-28(5-2)18-12-10-17(11-13-18)25-27-22-23-21-19(30-22)14-20(29-21)26-24-16-8-6-15(3)7-9-16/h6-14H,4-5H2,1-3H3. The Morgan fingerprint density at radius 2 is 1.50 bits per heavy atom. The number of aryl methyl sites for hydroxylation is 1. The van der Waals surface area contributed by atoms with Gasteiger partial charge < -0.3 is 9.32 Å². The van der Waals surface area contributed by atoms with E-state index in [-0.39, 0.29) is 0 Å². The smallest absolute Gasteiger partial charge is 0.242 e. The van der Waals surface area contributed by atoms with Gasteiger partial charge in [-0.15, -0.1) is 20.5 Å². The molecule has 4 aromatic rings. The lowest BCUT2D eigenvalue weighted by molar-refractivity contribution is 0.608. The zero-order valence-electron chi connectivity index (χ0n) is 17.1. The van der Waals surface area contributed by atoms with Gasteiger partial charge in [-0.05, 0) is 57.2 Å². The zero-order chi connectivity index (χ0) is 20.9. The number of aromatic nitrogens is 1. The number of anilines is 1. The lowest BCUT2D eigenvalue weighted by atomic mass is 10.2. The van der Waals surface area contributed by atoms with E-state index in [0.29, 0.717) is 16.7 Å². The van der Waals surface area contributed by atoms with E-state index in [2.05, 4.69) is 56.3 Å². The molecule has 0 atom stereocenters. The molecule has 0 bridgehead atoms. The maximum Gasteiger partial charge on any atom is 0.242 e. The van der Waals surface area contributed by atoms with E-state index in [9.17, 15) is 0 Å². The highest BCUT2D eigenvalue weighted by atomic mass is 32.1. The largest absolute Gasteiger partial charge is 0.417 e. The molecule has 0 spiro atoms. The summed E-state index contributed by atoms with van der Waals surface area (Å²) >= 11 is 1.40. The summed E-state index contributed by atoms with van der Waals surface area (Å²) in [6.07, 6.45) is 0. The van der Waals surface area contributed by atoms with E-state index in [0.717, 1.165) is 29.2 Å². The van der Waals surface area contributed by atoms with Crippen LogP contribution in [0.25, 0.3) is 10.4 Å². The maximum atomic E-state index is 5.64. The predicted octanol–water partition coefficient (Wildman–Crippen LogP) is 7.87. The lowest BCUT2D eigenvalue weighted by Crippen LogP contribution is -2.21. The molecule has 7 nitrogen and oxygen atoms in total. The Morgan fingerprint density at radius 3 is 2.13 bits per heavy atom. The highest BCUT2D eigenvalue weighted by Gasteiger charge is 2.10. The number of rotatable bonds is 7. The molecule has 2 aromatic heterocycles. The monoisotopic (exact) mass is 418 g/mol. The fourth-order valence-electron chi connectivity index (χ4n) is 2.94. The van der Waals surface area contributed by atoms with Crippen molar-refractivity contribution in [3.63, 3.8) is 0 Å². The summed E-state index contributed by atoms with van der Waals surface area (Å²) in [5.74, 6) is 0.416. The van der Waals surface area contributed by atoms with Crippen LogP contribution in [0.3, 0.4) is 0 Å². The minimum Gasteiger partial charge on any atom is -0.417 e. The summed E-state index contributed by atoms with van der Waals surface area (Å²) in [7, 11) is 0. The molecule has 4 rings (SSSR count). The van der Waals surface area contributed by atoms with Gasteiger partial charge in [0.15, 0.2) is 0 Å². The van der Waals surface area contributed by atoms with Crippen molar-refractivity contribution in [3.8, 4) is 0 Å². The molecule has 152 valence electrons. The quantitative estimate of drug-likeness (QED) is 0.286. The van der Waals surface area contributed by atoms with Gasteiger partial charge in [-0.2, -0.15) is 4.98 Å². The number of hydrogen-bond acceptors (Lipinski definition) is 8. The summed E-state index contributed by atoms with van der Waals surface area (Å²) < 4.78 is 6.50. The molecule has 0 aliphatic rings. The maximum absolute atomic E-state index is 5.64. The summed E-state index contributed by atoms with van der Waals surface area (Å²) in [5.41, 5.74) is 4.40. The minimum absolute atomic E-state index is 0.416. The number of benzene rings is 2. The number of thiazole rings is 1. The first-order valence-corrected chi connectivity index (χ1v) is 10.6. The molecule has 8 heteroatoms. The molecule has 2 aromatic carbocycles. The van der Waals surface area contributed by atoms with E-state index in [1.54, 1.807) is 0 Å². The van der Waals surface area contributed by atoms with Crippen LogP contribution in [0.1, 0.15) is 19.4 Å². The van der Waals surface area contributed by atoms with E-state index in [1.807, 2.05) is 49.4 Å². The summed E-state index contributed by atoms with van der Waals surface area (Å²) in [5, 5.41) is 17.4. The Labute approximate surface area is 178 Å². The molecule has 0 N–H and O–H groups in total. The van der Waals surface area contributed by atoms with Gasteiger partial charge in [0.1, 0.15) is 0 Å². The van der Waals surface area contributed by atoms with Crippen molar-refractivity contribution >= 4 is 49.8 Å². The Hall–Kier alpha value is -3.39. The molecule has 0 saturated heterocycles. The van der Waals surface area contributed by atoms with Crippen molar-refractivity contribution in [2.45, 2.75) is 20.8 Å². The number of nitrogens with zero attached hydrogens (tertiary/aromatic N) is 6. The predicted molar refractivity (Wildman–Crippen MR) is 121 cm³/mol. The summed E-state index contributed by atoms with van der Waals surface area (Å²) in [6, 6.07) is 17.6. The van der Waals surface area contributed by atoms with Gasteiger partial charge in [-0.1, -0.05) is 29.0 Å². The topological polar surface area (TPSA) is 78.7 Å². The van der Waals surface area contributed by atoms with Crippen molar-refractivity contribution in [1.29, 1.82) is 0 Å². The third kappa shape index (κ3) is 4.60. The molecule has 0 unspecified atom stereocenters. The van der Waals surface area contributed by atoms with Gasteiger partial charge in [0.25, 0.3) is 0 Å². The molecule has 0 aliphatic carbocycles. The average molecular weight is 419 g/mol. The van der Waals surface area contributed by atoms with Crippen LogP contribution in [0, 0.1) is 6.92 Å².